The van der Waals surface area contributed by atoms with Gasteiger partial charge in [-0.05, 0) is 52.7 Å². The normalized spacial score (nSPS) is 13.6. The first-order valence-electron chi connectivity index (χ1n) is 6.98. The smallest absolute Gasteiger partial charge is 0.161 e. The summed E-state index contributed by atoms with van der Waals surface area (Å²) in [5.41, 5.74) is 3.16. The Morgan fingerprint density at radius 1 is 1.14 bits per heavy atom. The van der Waals surface area contributed by atoms with Crippen LogP contribution in [-0.2, 0) is 6.54 Å². The van der Waals surface area contributed by atoms with Crippen molar-refractivity contribution in [3.05, 3.63) is 46.2 Å². The van der Waals surface area contributed by atoms with E-state index >= 15 is 0 Å². The molecule has 1 aromatic heterocycles. The molecule has 21 heavy (non-hydrogen) atoms. The fourth-order valence-electron chi connectivity index (χ4n) is 2.23. The van der Waals surface area contributed by atoms with Gasteiger partial charge < -0.3 is 14.8 Å². The van der Waals surface area contributed by atoms with Crippen LogP contribution in [0.15, 0.2) is 34.9 Å². The molecule has 0 saturated heterocycles. The molecule has 0 bridgehead atoms. The first-order valence-corrected chi connectivity index (χ1v) is 7.77. The molecule has 1 N–H and O–H groups in total. The maximum Gasteiger partial charge on any atom is 0.161 e. The Bertz CT molecular complexity index is 646. The second kappa shape index (κ2) is 6.35. The number of benzene rings is 1. The molecule has 0 fully saturated rings. The minimum atomic E-state index is 0.708. The highest BCUT2D eigenvalue weighted by Gasteiger charge is 2.10. The Balaban J connectivity index is 1.72. The zero-order valence-corrected chi connectivity index (χ0v) is 13.4. The highest BCUT2D eigenvalue weighted by Crippen LogP contribution is 2.30. The largest absolute Gasteiger partial charge is 0.490 e. The Kier molecular flexibility index (Phi) is 4.29. The number of halogens is 1. The van der Waals surface area contributed by atoms with E-state index in [4.69, 9.17) is 9.47 Å². The van der Waals surface area contributed by atoms with Crippen molar-refractivity contribution in [3.8, 4) is 11.5 Å². The average molecular weight is 349 g/mol. The molecule has 5 heteroatoms. The lowest BCUT2D eigenvalue weighted by Crippen LogP contribution is -2.03. The lowest BCUT2D eigenvalue weighted by Gasteiger charge is -2.12. The number of nitrogens with one attached hydrogen (secondary N) is 1. The second-order valence-corrected chi connectivity index (χ2v) is 5.76. The third kappa shape index (κ3) is 3.47. The molecule has 2 heterocycles. The molecule has 2 aromatic rings. The van der Waals surface area contributed by atoms with Gasteiger partial charge in [-0.25, -0.2) is 4.98 Å². The van der Waals surface area contributed by atoms with Crippen molar-refractivity contribution in [3.63, 3.8) is 0 Å². The number of fused-ring (bicyclic) bond motifs is 1. The second-order valence-electron chi connectivity index (χ2n) is 4.95. The highest BCUT2D eigenvalue weighted by atomic mass is 79.9. The van der Waals surface area contributed by atoms with Crippen LogP contribution >= 0.6 is 15.9 Å². The van der Waals surface area contributed by atoms with Crippen molar-refractivity contribution < 1.29 is 9.47 Å². The van der Waals surface area contributed by atoms with Gasteiger partial charge in [-0.2, -0.15) is 0 Å². The number of ether oxygens (including phenoxy) is 2. The van der Waals surface area contributed by atoms with Crippen LogP contribution in [0.1, 0.15) is 17.7 Å². The molecular weight excluding hydrogens is 332 g/mol. The van der Waals surface area contributed by atoms with E-state index in [1.165, 1.54) is 0 Å². The summed E-state index contributed by atoms with van der Waals surface area (Å²) < 4.78 is 12.2. The topological polar surface area (TPSA) is 43.4 Å². The van der Waals surface area contributed by atoms with Crippen LogP contribution in [0.25, 0.3) is 0 Å². The van der Waals surface area contributed by atoms with Gasteiger partial charge in [0.05, 0.1) is 24.6 Å². The van der Waals surface area contributed by atoms with Gasteiger partial charge >= 0.3 is 0 Å². The van der Waals surface area contributed by atoms with Crippen LogP contribution in [-0.4, -0.2) is 18.2 Å². The van der Waals surface area contributed by atoms with E-state index in [9.17, 15) is 0 Å². The highest BCUT2D eigenvalue weighted by molar-refractivity contribution is 9.10. The van der Waals surface area contributed by atoms with Crippen LogP contribution in [0, 0.1) is 6.92 Å². The number of pyridine rings is 1. The van der Waals surface area contributed by atoms with E-state index in [-0.39, 0.29) is 0 Å². The Morgan fingerprint density at radius 2 is 1.95 bits per heavy atom. The zero-order chi connectivity index (χ0) is 14.7. The van der Waals surface area contributed by atoms with E-state index in [0.29, 0.717) is 13.2 Å². The number of aryl methyl sites for hydroxylation is 1. The molecule has 1 aromatic carbocycles. The average Bonchev–Trinajstić information content (AvgIpc) is 2.71. The molecular formula is C16H17BrN2O2. The third-order valence-corrected chi connectivity index (χ3v) is 3.79. The van der Waals surface area contributed by atoms with Gasteiger partial charge in [-0.3, -0.25) is 0 Å². The summed E-state index contributed by atoms with van der Waals surface area (Å²) in [7, 11) is 0. The molecule has 0 radical (unpaired) electrons. The summed E-state index contributed by atoms with van der Waals surface area (Å²) in [6.45, 7) is 4.13. The first kappa shape index (κ1) is 14.2. The molecule has 0 amide bonds. The van der Waals surface area contributed by atoms with Gasteiger partial charge in [0.15, 0.2) is 11.5 Å². The van der Waals surface area contributed by atoms with Crippen LogP contribution in [0.4, 0.5) is 5.69 Å². The molecule has 0 aliphatic carbocycles. The summed E-state index contributed by atoms with van der Waals surface area (Å²) in [4.78, 5) is 4.38. The molecule has 1 aliphatic heterocycles. The molecule has 0 spiro atoms. The van der Waals surface area contributed by atoms with Gasteiger partial charge in [-0.15, -0.1) is 0 Å². The van der Waals surface area contributed by atoms with Crippen molar-refractivity contribution in [1.29, 1.82) is 0 Å². The number of rotatable bonds is 3. The van der Waals surface area contributed by atoms with Crippen molar-refractivity contribution in [2.75, 3.05) is 18.5 Å². The first-order chi connectivity index (χ1) is 10.2. The van der Waals surface area contributed by atoms with Gasteiger partial charge in [0.2, 0.25) is 0 Å². The van der Waals surface area contributed by atoms with E-state index in [0.717, 1.165) is 46.0 Å². The SMILES string of the molecule is Cc1nc(Br)ccc1NCc1ccc2c(c1)OCCCO2. The Morgan fingerprint density at radius 3 is 2.76 bits per heavy atom. The number of nitrogens with zero attached hydrogens (tertiary/aromatic N) is 1. The number of hydrogen-bond donors (Lipinski definition) is 1. The molecule has 110 valence electrons. The van der Waals surface area contributed by atoms with Gasteiger partial charge in [-0.1, -0.05) is 6.07 Å². The lowest BCUT2D eigenvalue weighted by molar-refractivity contribution is 0.297. The minimum absolute atomic E-state index is 0.708. The fraction of sp³-hybridized carbons (Fsp3) is 0.312. The standard InChI is InChI=1S/C16H17BrN2O2/c1-11-13(4-6-16(17)19-11)18-10-12-3-5-14-15(9-12)21-8-2-7-20-14/h3-6,9,18H,2,7-8,10H2,1H3. The summed E-state index contributed by atoms with van der Waals surface area (Å²) in [5.74, 6) is 1.66. The van der Waals surface area contributed by atoms with Gasteiger partial charge in [0.25, 0.3) is 0 Å². The van der Waals surface area contributed by atoms with E-state index < -0.39 is 0 Å². The number of anilines is 1. The Labute approximate surface area is 132 Å². The van der Waals surface area contributed by atoms with Crippen molar-refractivity contribution in [1.82, 2.24) is 4.98 Å². The fourth-order valence-corrected chi connectivity index (χ4v) is 2.63. The molecule has 1 aliphatic rings. The summed E-state index contributed by atoms with van der Waals surface area (Å²) in [6, 6.07) is 10.0. The number of hydrogen-bond acceptors (Lipinski definition) is 4. The van der Waals surface area contributed by atoms with Gasteiger partial charge in [0.1, 0.15) is 4.60 Å². The van der Waals surface area contributed by atoms with E-state index in [1.54, 1.807) is 0 Å². The van der Waals surface area contributed by atoms with Crippen molar-refractivity contribution >= 4 is 21.6 Å². The maximum atomic E-state index is 5.71. The van der Waals surface area contributed by atoms with E-state index in [2.05, 4.69) is 32.3 Å². The minimum Gasteiger partial charge on any atom is -0.490 e. The van der Waals surface area contributed by atoms with Crippen LogP contribution in [0.3, 0.4) is 0 Å². The van der Waals surface area contributed by atoms with Crippen molar-refractivity contribution in [2.24, 2.45) is 0 Å². The third-order valence-electron chi connectivity index (χ3n) is 3.35. The summed E-state index contributed by atoms with van der Waals surface area (Å²) in [5, 5.41) is 3.40. The van der Waals surface area contributed by atoms with Crippen LogP contribution < -0.4 is 14.8 Å². The summed E-state index contributed by atoms with van der Waals surface area (Å²) >= 11 is 3.37. The monoisotopic (exact) mass is 348 g/mol. The van der Waals surface area contributed by atoms with Crippen molar-refractivity contribution in [2.45, 2.75) is 19.9 Å². The zero-order valence-electron chi connectivity index (χ0n) is 11.9. The van der Waals surface area contributed by atoms with Gasteiger partial charge in [0, 0.05) is 13.0 Å². The lowest BCUT2D eigenvalue weighted by atomic mass is 10.2. The predicted molar refractivity (Wildman–Crippen MR) is 86.0 cm³/mol. The molecule has 4 nitrogen and oxygen atoms in total. The van der Waals surface area contributed by atoms with E-state index in [1.807, 2.05) is 31.2 Å². The Hall–Kier alpha value is -1.75. The van der Waals surface area contributed by atoms with Crippen LogP contribution in [0.2, 0.25) is 0 Å². The summed E-state index contributed by atoms with van der Waals surface area (Å²) in [6.07, 6.45) is 0.923. The maximum absolute atomic E-state index is 5.71. The molecule has 0 saturated carbocycles. The molecule has 3 rings (SSSR count). The van der Waals surface area contributed by atoms with Crippen LogP contribution in [0.5, 0.6) is 11.5 Å². The molecule has 0 atom stereocenters. The number of aromatic nitrogens is 1. The predicted octanol–water partition coefficient (Wildman–Crippen LogP) is 3.93. The molecule has 0 unspecified atom stereocenters. The quantitative estimate of drug-likeness (QED) is 0.853.